The molecule has 0 aliphatic carbocycles. The van der Waals surface area contributed by atoms with E-state index < -0.39 is 0 Å². The summed E-state index contributed by atoms with van der Waals surface area (Å²) in [5.74, 6) is 0.553. The van der Waals surface area contributed by atoms with Gasteiger partial charge in [-0.05, 0) is 19.3 Å². The second-order valence-corrected chi connectivity index (χ2v) is 4.68. The summed E-state index contributed by atoms with van der Waals surface area (Å²) in [5.41, 5.74) is 5.59. The van der Waals surface area contributed by atoms with Gasteiger partial charge in [0.2, 0.25) is 0 Å². The zero-order valence-electron chi connectivity index (χ0n) is 9.34. The van der Waals surface area contributed by atoms with Crippen LogP contribution >= 0.6 is 0 Å². The molecule has 1 saturated heterocycles. The van der Waals surface area contributed by atoms with E-state index in [0.717, 1.165) is 19.5 Å². The summed E-state index contributed by atoms with van der Waals surface area (Å²) in [5, 5.41) is 2.81. The van der Waals surface area contributed by atoms with Crippen molar-refractivity contribution in [3.63, 3.8) is 0 Å². The third kappa shape index (κ3) is 2.18. The minimum absolute atomic E-state index is 0.0265. The molecule has 1 fully saturated rings. The summed E-state index contributed by atoms with van der Waals surface area (Å²) in [6.45, 7) is 8.42. The lowest BCUT2D eigenvalue weighted by Gasteiger charge is -2.38. The van der Waals surface area contributed by atoms with Gasteiger partial charge in [-0.2, -0.15) is 0 Å². The highest BCUT2D eigenvalue weighted by molar-refractivity contribution is 5.77. The summed E-state index contributed by atoms with van der Waals surface area (Å²) >= 11 is 0. The van der Waals surface area contributed by atoms with Gasteiger partial charge in [0.25, 0.3) is 0 Å². The van der Waals surface area contributed by atoms with Crippen molar-refractivity contribution in [1.29, 1.82) is 0 Å². The summed E-state index contributed by atoms with van der Waals surface area (Å²) in [4.78, 5) is 13.4. The molecule has 0 aromatic heterocycles. The quantitative estimate of drug-likeness (QED) is 0.703. The molecular formula is C10H21N3O. The highest BCUT2D eigenvalue weighted by atomic mass is 16.2. The second-order valence-electron chi connectivity index (χ2n) is 4.68. The first-order chi connectivity index (χ1) is 6.49. The molecule has 0 bridgehead atoms. The molecule has 1 unspecified atom stereocenters. The number of nitrogens with two attached hydrogens (primary N) is 1. The Labute approximate surface area is 85.8 Å². The first-order valence-electron chi connectivity index (χ1n) is 5.25. The molecule has 1 heterocycles. The Hall–Kier alpha value is -0.770. The van der Waals surface area contributed by atoms with E-state index in [1.165, 1.54) is 0 Å². The molecule has 1 rings (SSSR count). The van der Waals surface area contributed by atoms with Crippen LogP contribution in [0.25, 0.3) is 0 Å². The Morgan fingerprint density at radius 1 is 1.64 bits per heavy atom. The lowest BCUT2D eigenvalue weighted by molar-refractivity contribution is 0.134. The minimum Gasteiger partial charge on any atom is -0.336 e. The van der Waals surface area contributed by atoms with E-state index in [1.807, 2.05) is 4.90 Å². The number of hydrogen-bond acceptors (Lipinski definition) is 2. The van der Waals surface area contributed by atoms with Crippen LogP contribution in [-0.2, 0) is 0 Å². The van der Waals surface area contributed by atoms with Gasteiger partial charge < -0.3 is 16.0 Å². The number of rotatable bonds is 4. The molecule has 0 radical (unpaired) electrons. The van der Waals surface area contributed by atoms with Gasteiger partial charge in [0.1, 0.15) is 0 Å². The summed E-state index contributed by atoms with van der Waals surface area (Å²) < 4.78 is 0. The van der Waals surface area contributed by atoms with E-state index in [0.29, 0.717) is 12.5 Å². The second kappa shape index (κ2) is 4.17. The van der Waals surface area contributed by atoms with Crippen LogP contribution in [0, 0.1) is 5.92 Å². The van der Waals surface area contributed by atoms with E-state index >= 15 is 0 Å². The summed E-state index contributed by atoms with van der Waals surface area (Å²) in [6, 6.07) is 0.0265. The van der Waals surface area contributed by atoms with Crippen LogP contribution in [0.4, 0.5) is 4.79 Å². The zero-order valence-corrected chi connectivity index (χ0v) is 9.34. The van der Waals surface area contributed by atoms with E-state index in [2.05, 4.69) is 26.1 Å². The predicted octanol–water partition coefficient (Wildman–Crippen LogP) is 0.775. The van der Waals surface area contributed by atoms with Crippen molar-refractivity contribution in [2.45, 2.75) is 32.7 Å². The smallest absolute Gasteiger partial charge is 0.318 e. The third-order valence-electron chi connectivity index (χ3n) is 2.80. The fraction of sp³-hybridized carbons (Fsp3) is 0.900. The Balaban J connectivity index is 2.72. The Morgan fingerprint density at radius 3 is 2.64 bits per heavy atom. The zero-order chi connectivity index (χ0) is 10.8. The van der Waals surface area contributed by atoms with Crippen LogP contribution in [0.5, 0.6) is 0 Å². The standard InChI is InChI=1S/C10H21N3O/c1-8(2)6-10(3,7-11)13-5-4-12-9(13)14/h8H,4-7,11H2,1-3H3,(H,12,14). The van der Waals surface area contributed by atoms with Crippen LogP contribution in [-0.4, -0.2) is 36.1 Å². The van der Waals surface area contributed by atoms with Crippen molar-refractivity contribution in [3.8, 4) is 0 Å². The Bertz CT molecular complexity index is 217. The largest absolute Gasteiger partial charge is 0.336 e. The first kappa shape index (κ1) is 11.3. The maximum Gasteiger partial charge on any atom is 0.318 e. The monoisotopic (exact) mass is 199 g/mol. The Morgan fingerprint density at radius 2 is 2.29 bits per heavy atom. The third-order valence-corrected chi connectivity index (χ3v) is 2.80. The van der Waals surface area contributed by atoms with Crippen molar-refractivity contribution < 1.29 is 4.79 Å². The van der Waals surface area contributed by atoms with Crippen molar-refractivity contribution in [3.05, 3.63) is 0 Å². The van der Waals surface area contributed by atoms with Gasteiger partial charge in [0, 0.05) is 19.6 Å². The molecular weight excluding hydrogens is 178 g/mol. The average Bonchev–Trinajstić information content (AvgIpc) is 2.50. The fourth-order valence-electron chi connectivity index (χ4n) is 2.17. The maximum absolute atomic E-state index is 11.5. The Kier molecular flexibility index (Phi) is 3.37. The molecule has 2 amide bonds. The summed E-state index contributed by atoms with van der Waals surface area (Å²) in [6.07, 6.45) is 0.955. The SMILES string of the molecule is CC(C)CC(C)(CN)N1CCNC1=O. The highest BCUT2D eigenvalue weighted by Crippen LogP contribution is 2.24. The van der Waals surface area contributed by atoms with Gasteiger partial charge >= 0.3 is 6.03 Å². The van der Waals surface area contributed by atoms with Crippen LogP contribution in [0.2, 0.25) is 0 Å². The molecule has 0 spiro atoms. The number of nitrogens with zero attached hydrogens (tertiary/aromatic N) is 1. The van der Waals surface area contributed by atoms with Gasteiger partial charge in [-0.25, -0.2) is 4.79 Å². The lowest BCUT2D eigenvalue weighted by Crippen LogP contribution is -2.53. The molecule has 4 heteroatoms. The van der Waals surface area contributed by atoms with Crippen LogP contribution in [0.1, 0.15) is 27.2 Å². The predicted molar refractivity (Wildman–Crippen MR) is 57.0 cm³/mol. The topological polar surface area (TPSA) is 58.4 Å². The molecule has 4 nitrogen and oxygen atoms in total. The van der Waals surface area contributed by atoms with Gasteiger partial charge in [-0.15, -0.1) is 0 Å². The minimum atomic E-state index is -0.186. The van der Waals surface area contributed by atoms with Gasteiger partial charge in [-0.1, -0.05) is 13.8 Å². The first-order valence-corrected chi connectivity index (χ1v) is 5.25. The van der Waals surface area contributed by atoms with Crippen LogP contribution in [0.3, 0.4) is 0 Å². The van der Waals surface area contributed by atoms with E-state index in [4.69, 9.17) is 5.73 Å². The number of carbonyl (C=O) groups is 1. The van der Waals surface area contributed by atoms with E-state index in [-0.39, 0.29) is 11.6 Å². The van der Waals surface area contributed by atoms with Crippen molar-refractivity contribution in [2.75, 3.05) is 19.6 Å². The number of hydrogen-bond donors (Lipinski definition) is 2. The van der Waals surface area contributed by atoms with Crippen molar-refractivity contribution in [2.24, 2.45) is 11.7 Å². The normalized spacial score (nSPS) is 21.2. The molecule has 0 saturated carbocycles. The van der Waals surface area contributed by atoms with Gasteiger partial charge in [0.05, 0.1) is 5.54 Å². The summed E-state index contributed by atoms with van der Waals surface area (Å²) in [7, 11) is 0. The van der Waals surface area contributed by atoms with Crippen LogP contribution < -0.4 is 11.1 Å². The van der Waals surface area contributed by atoms with Gasteiger partial charge in [-0.3, -0.25) is 0 Å². The molecule has 82 valence electrons. The van der Waals surface area contributed by atoms with E-state index in [9.17, 15) is 4.79 Å². The molecule has 14 heavy (non-hydrogen) atoms. The molecule has 1 aliphatic rings. The number of nitrogens with one attached hydrogen (secondary N) is 1. The lowest BCUT2D eigenvalue weighted by atomic mass is 9.89. The number of amides is 2. The van der Waals surface area contributed by atoms with Crippen molar-refractivity contribution >= 4 is 6.03 Å². The molecule has 1 atom stereocenters. The van der Waals surface area contributed by atoms with Crippen LogP contribution in [0.15, 0.2) is 0 Å². The van der Waals surface area contributed by atoms with Gasteiger partial charge in [0.15, 0.2) is 0 Å². The number of carbonyl (C=O) groups excluding carboxylic acids is 1. The molecule has 3 N–H and O–H groups in total. The molecule has 1 aliphatic heterocycles. The average molecular weight is 199 g/mol. The molecule has 0 aromatic rings. The maximum atomic E-state index is 11.5. The van der Waals surface area contributed by atoms with Crippen molar-refractivity contribution in [1.82, 2.24) is 10.2 Å². The number of urea groups is 1. The fourth-order valence-corrected chi connectivity index (χ4v) is 2.17. The highest BCUT2D eigenvalue weighted by Gasteiger charge is 2.37. The molecule has 0 aromatic carbocycles. The van der Waals surface area contributed by atoms with E-state index in [1.54, 1.807) is 0 Å².